The molecule has 0 aliphatic carbocycles. The van der Waals surface area contributed by atoms with Gasteiger partial charge in [-0.3, -0.25) is 4.79 Å². The van der Waals surface area contributed by atoms with E-state index in [1.54, 1.807) is 24.3 Å². The van der Waals surface area contributed by atoms with Crippen LogP contribution in [0.2, 0.25) is 10.0 Å². The molecule has 0 radical (unpaired) electrons. The summed E-state index contributed by atoms with van der Waals surface area (Å²) in [6.07, 6.45) is 0. The molecule has 8 heteroatoms. The van der Waals surface area contributed by atoms with Gasteiger partial charge in [-0.25, -0.2) is 0 Å². The third-order valence-corrected chi connectivity index (χ3v) is 3.80. The Kier molecular flexibility index (Phi) is 7.34. The first-order valence-electron chi connectivity index (χ1n) is 5.90. The number of hydrogen-bond acceptors (Lipinski definition) is 5. The number of aliphatic carboxylic acids is 1. The molecular weight excluding hydrogens is 349 g/mol. The van der Waals surface area contributed by atoms with E-state index in [-0.39, 0.29) is 18.0 Å². The van der Waals surface area contributed by atoms with Gasteiger partial charge in [-0.1, -0.05) is 35.0 Å². The van der Waals surface area contributed by atoms with Gasteiger partial charge in [0, 0.05) is 10.0 Å². The fraction of sp³-hybridized carbons (Fsp3) is 0.0714. The summed E-state index contributed by atoms with van der Waals surface area (Å²) in [7, 11) is 0. The first-order valence-corrected chi connectivity index (χ1v) is 7.47. The first kappa shape index (κ1) is 18.4. The Morgan fingerprint density at radius 1 is 1.00 bits per heavy atom. The van der Waals surface area contributed by atoms with Gasteiger partial charge < -0.3 is 21.1 Å². The molecule has 0 amide bonds. The fourth-order valence-corrected chi connectivity index (χ4v) is 2.69. The summed E-state index contributed by atoms with van der Waals surface area (Å²) < 4.78 is 0. The maximum Gasteiger partial charge on any atom is 0.317 e. The average molecular weight is 362 g/mol. The van der Waals surface area contributed by atoms with Crippen LogP contribution in [0.5, 0.6) is 11.5 Å². The second-order valence-corrected chi connectivity index (χ2v) is 5.88. The predicted molar refractivity (Wildman–Crippen MR) is 87.0 cm³/mol. The largest absolute Gasteiger partial charge is 0.507 e. The minimum atomic E-state index is -0.968. The van der Waals surface area contributed by atoms with Gasteiger partial charge in [0.25, 0.3) is 0 Å². The van der Waals surface area contributed by atoms with Gasteiger partial charge in [-0.15, -0.1) is 0 Å². The van der Waals surface area contributed by atoms with Crippen LogP contribution in [0.15, 0.2) is 46.2 Å². The Morgan fingerprint density at radius 3 is 1.68 bits per heavy atom. The summed E-state index contributed by atoms with van der Waals surface area (Å²) in [6.45, 7) is -0.278. The highest BCUT2D eigenvalue weighted by Gasteiger charge is 2.08. The molecule has 0 spiro atoms. The number of carboxylic acid groups (broad SMARTS) is 1. The van der Waals surface area contributed by atoms with Crippen LogP contribution >= 0.6 is 35.0 Å². The number of hydrogen-bond donors (Lipinski definition) is 4. The molecule has 0 aliphatic rings. The summed E-state index contributed by atoms with van der Waals surface area (Å²) in [4.78, 5) is 10.4. The molecule has 2 aromatic carbocycles. The quantitative estimate of drug-likeness (QED) is 0.665. The zero-order chi connectivity index (χ0) is 16.7. The lowest BCUT2D eigenvalue weighted by Crippen LogP contribution is -2.10. The molecule has 0 aliphatic heterocycles. The molecule has 2 rings (SSSR count). The molecule has 0 saturated heterocycles. The van der Waals surface area contributed by atoms with Crippen molar-refractivity contribution >= 4 is 40.9 Å². The highest BCUT2D eigenvalue weighted by molar-refractivity contribution is 7.99. The summed E-state index contributed by atoms with van der Waals surface area (Å²) in [6, 6.07) is 9.46. The summed E-state index contributed by atoms with van der Waals surface area (Å²) in [5.74, 6) is -0.748. The zero-order valence-electron chi connectivity index (χ0n) is 11.2. The normalized spacial score (nSPS) is 9.77. The van der Waals surface area contributed by atoms with E-state index in [4.69, 9.17) is 28.3 Å². The maximum absolute atomic E-state index is 9.66. The van der Waals surface area contributed by atoms with E-state index in [0.29, 0.717) is 19.8 Å². The number of phenolic OH excluding ortho intramolecular Hbond substituents is 2. The van der Waals surface area contributed by atoms with E-state index in [0.717, 1.165) is 0 Å². The van der Waals surface area contributed by atoms with E-state index in [1.165, 1.54) is 23.9 Å². The molecule has 0 aromatic heterocycles. The van der Waals surface area contributed by atoms with E-state index in [9.17, 15) is 15.0 Å². The second-order valence-electron chi connectivity index (χ2n) is 3.92. The highest BCUT2D eigenvalue weighted by Crippen LogP contribution is 2.40. The minimum Gasteiger partial charge on any atom is -0.507 e. The number of phenols is 2. The van der Waals surface area contributed by atoms with Crippen molar-refractivity contribution in [1.29, 1.82) is 0 Å². The lowest BCUT2D eigenvalue weighted by molar-refractivity contribution is -0.135. The van der Waals surface area contributed by atoms with Crippen molar-refractivity contribution in [2.75, 3.05) is 6.54 Å². The van der Waals surface area contributed by atoms with Crippen molar-refractivity contribution in [3.05, 3.63) is 46.4 Å². The van der Waals surface area contributed by atoms with Crippen molar-refractivity contribution in [3.8, 4) is 11.5 Å². The Morgan fingerprint density at radius 2 is 1.36 bits per heavy atom. The molecule has 0 unspecified atom stereocenters. The van der Waals surface area contributed by atoms with Crippen molar-refractivity contribution in [2.45, 2.75) is 9.79 Å². The number of halogens is 2. The van der Waals surface area contributed by atoms with Gasteiger partial charge in [-0.2, -0.15) is 0 Å². The molecule has 22 heavy (non-hydrogen) atoms. The third kappa shape index (κ3) is 6.03. The van der Waals surface area contributed by atoms with Gasteiger partial charge in [-0.05, 0) is 36.4 Å². The van der Waals surface area contributed by atoms with Crippen molar-refractivity contribution in [2.24, 2.45) is 5.73 Å². The number of nitrogens with two attached hydrogens (primary N) is 1. The molecule has 118 valence electrons. The maximum atomic E-state index is 9.66. The molecule has 5 N–H and O–H groups in total. The van der Waals surface area contributed by atoms with Crippen LogP contribution in [-0.2, 0) is 4.79 Å². The zero-order valence-corrected chi connectivity index (χ0v) is 13.5. The Balaban J connectivity index is 0.000000422. The second kappa shape index (κ2) is 8.75. The third-order valence-electron chi connectivity index (χ3n) is 2.24. The van der Waals surface area contributed by atoms with Crippen LogP contribution in [-0.4, -0.2) is 27.8 Å². The number of benzene rings is 2. The molecule has 0 atom stereocenters. The Labute approximate surface area is 141 Å². The molecule has 5 nitrogen and oxygen atoms in total. The summed E-state index contributed by atoms with van der Waals surface area (Å²) in [5, 5.41) is 28.0. The van der Waals surface area contributed by atoms with Crippen LogP contribution < -0.4 is 5.73 Å². The lowest BCUT2D eigenvalue weighted by atomic mass is 10.3. The van der Waals surface area contributed by atoms with Crippen LogP contribution in [0.4, 0.5) is 0 Å². The minimum absolute atomic E-state index is 0.110. The summed E-state index contributed by atoms with van der Waals surface area (Å²) >= 11 is 12.9. The van der Waals surface area contributed by atoms with Crippen molar-refractivity contribution in [3.63, 3.8) is 0 Å². The van der Waals surface area contributed by atoms with E-state index in [1.807, 2.05) is 0 Å². The van der Waals surface area contributed by atoms with E-state index < -0.39 is 5.97 Å². The van der Waals surface area contributed by atoms with Crippen LogP contribution in [0.3, 0.4) is 0 Å². The van der Waals surface area contributed by atoms with Gasteiger partial charge >= 0.3 is 5.97 Å². The van der Waals surface area contributed by atoms with E-state index >= 15 is 0 Å². The lowest BCUT2D eigenvalue weighted by Gasteiger charge is -2.07. The molecular formula is C14H13Cl2NO4S. The van der Waals surface area contributed by atoms with Gasteiger partial charge in [0.2, 0.25) is 0 Å². The average Bonchev–Trinajstić information content (AvgIpc) is 2.47. The van der Waals surface area contributed by atoms with Crippen LogP contribution in [0.1, 0.15) is 0 Å². The molecule has 0 bridgehead atoms. The van der Waals surface area contributed by atoms with Crippen molar-refractivity contribution < 1.29 is 20.1 Å². The number of carboxylic acids is 1. The van der Waals surface area contributed by atoms with Crippen molar-refractivity contribution in [1.82, 2.24) is 0 Å². The SMILES string of the molecule is NCC(=O)O.Oc1ccc(Cl)cc1Sc1cc(Cl)ccc1O. The smallest absolute Gasteiger partial charge is 0.317 e. The van der Waals surface area contributed by atoms with Crippen LogP contribution in [0.25, 0.3) is 0 Å². The van der Waals surface area contributed by atoms with Gasteiger partial charge in [0.15, 0.2) is 0 Å². The molecule has 2 aromatic rings. The molecule has 0 fully saturated rings. The van der Waals surface area contributed by atoms with Gasteiger partial charge in [0.1, 0.15) is 11.5 Å². The predicted octanol–water partition coefficient (Wildman–Crippen LogP) is 3.59. The standard InChI is InChI=1S/C12H8Cl2O2S.C2H5NO2/c13-7-1-3-9(15)11(5-7)17-12-6-8(14)2-4-10(12)16;3-1-2(4)5/h1-6,15-16H;1,3H2,(H,4,5). The first-order chi connectivity index (χ1) is 10.3. The number of carbonyl (C=O) groups is 1. The molecule has 0 saturated carbocycles. The van der Waals surface area contributed by atoms with Crippen LogP contribution in [0, 0.1) is 0 Å². The Hall–Kier alpha value is -1.60. The molecule has 0 heterocycles. The van der Waals surface area contributed by atoms with E-state index in [2.05, 4.69) is 5.73 Å². The van der Waals surface area contributed by atoms with Gasteiger partial charge in [0.05, 0.1) is 16.3 Å². The highest BCUT2D eigenvalue weighted by atomic mass is 35.5. The number of aromatic hydroxyl groups is 2. The Bertz CT molecular complexity index is 618. The monoisotopic (exact) mass is 361 g/mol. The number of rotatable bonds is 3. The fourth-order valence-electron chi connectivity index (χ4n) is 1.26. The summed E-state index contributed by atoms with van der Waals surface area (Å²) in [5.41, 5.74) is 4.57. The topological polar surface area (TPSA) is 104 Å².